The van der Waals surface area contributed by atoms with E-state index in [2.05, 4.69) is 20.9 Å². The molecule has 4 amide bonds. The van der Waals surface area contributed by atoms with Crippen molar-refractivity contribution in [2.75, 3.05) is 6.54 Å². The second kappa shape index (κ2) is 15.8. The number of carbonyl (C=O) groups is 5. The fraction of sp³-hybridized carbons (Fsp3) is 0.478. The van der Waals surface area contributed by atoms with E-state index in [1.54, 1.807) is 24.3 Å². The van der Waals surface area contributed by atoms with Gasteiger partial charge in [0.05, 0.1) is 18.6 Å². The number of amides is 4. The van der Waals surface area contributed by atoms with Crippen LogP contribution < -0.4 is 38.9 Å². The number of carboxylic acids is 1. The molecule has 15 nitrogen and oxygen atoms in total. The van der Waals surface area contributed by atoms with E-state index < -0.39 is 66.3 Å². The standard InChI is InChI=1S/C23H36N8O7/c1-12(32)18(22(37)38)31-21(36)16(11-17(25)33)30-20(35)15(8-5-9-28-23(26)27)29-19(34)14(24)10-13-6-3-2-4-7-13/h2-4,6-7,12,14-16,18,32H,5,8-11,24H2,1H3,(H2,25,33)(H,29,34)(H,30,35)(H,31,36)(H,37,38)(H4,26,27,28). The predicted molar refractivity (Wildman–Crippen MR) is 137 cm³/mol. The number of carbonyl (C=O) groups excluding carboxylic acids is 4. The number of carboxylic acid groups (broad SMARTS) is 1. The van der Waals surface area contributed by atoms with Crippen molar-refractivity contribution < 1.29 is 34.2 Å². The van der Waals surface area contributed by atoms with Crippen LogP contribution in [0.2, 0.25) is 0 Å². The molecular formula is C23H36N8O7. The normalized spacial score (nSPS) is 14.6. The summed E-state index contributed by atoms with van der Waals surface area (Å²) in [5.74, 6) is -5.24. The van der Waals surface area contributed by atoms with Gasteiger partial charge >= 0.3 is 5.97 Å². The van der Waals surface area contributed by atoms with E-state index >= 15 is 0 Å². The van der Waals surface area contributed by atoms with Crippen LogP contribution in [-0.2, 0) is 30.4 Å². The molecule has 13 N–H and O–H groups in total. The summed E-state index contributed by atoms with van der Waals surface area (Å²) in [7, 11) is 0. The van der Waals surface area contributed by atoms with Crippen molar-refractivity contribution in [3.05, 3.63) is 35.9 Å². The summed E-state index contributed by atoms with van der Waals surface area (Å²) in [5.41, 5.74) is 22.6. The monoisotopic (exact) mass is 536 g/mol. The zero-order chi connectivity index (χ0) is 28.8. The molecule has 1 aromatic rings. The highest BCUT2D eigenvalue weighted by Gasteiger charge is 2.32. The highest BCUT2D eigenvalue weighted by atomic mass is 16.4. The molecule has 0 aromatic heterocycles. The molecule has 0 aliphatic heterocycles. The van der Waals surface area contributed by atoms with Gasteiger partial charge in [-0.3, -0.25) is 24.2 Å². The molecule has 1 rings (SSSR count). The lowest BCUT2D eigenvalue weighted by Gasteiger charge is -2.25. The first-order valence-corrected chi connectivity index (χ1v) is 11.8. The smallest absolute Gasteiger partial charge is 0.328 e. The molecule has 15 heteroatoms. The minimum atomic E-state index is -1.71. The van der Waals surface area contributed by atoms with Crippen molar-refractivity contribution in [2.24, 2.45) is 27.9 Å². The molecule has 0 radical (unpaired) electrons. The van der Waals surface area contributed by atoms with Gasteiger partial charge in [0.25, 0.3) is 0 Å². The Hall–Kier alpha value is -4.24. The van der Waals surface area contributed by atoms with E-state index in [9.17, 15) is 34.2 Å². The molecule has 0 heterocycles. The number of aliphatic imine (C=N–C) groups is 1. The van der Waals surface area contributed by atoms with Gasteiger partial charge in [-0.15, -0.1) is 0 Å². The van der Waals surface area contributed by atoms with Crippen LogP contribution in [0.3, 0.4) is 0 Å². The first-order chi connectivity index (χ1) is 17.8. The Morgan fingerprint density at radius 1 is 0.921 bits per heavy atom. The molecule has 1 aromatic carbocycles. The van der Waals surface area contributed by atoms with E-state index in [1.807, 2.05) is 6.07 Å². The third-order valence-corrected chi connectivity index (χ3v) is 5.30. The minimum absolute atomic E-state index is 0.0305. The van der Waals surface area contributed by atoms with Crippen LogP contribution in [0.5, 0.6) is 0 Å². The second-order valence-electron chi connectivity index (χ2n) is 8.60. The first kappa shape index (κ1) is 31.8. The first-order valence-electron chi connectivity index (χ1n) is 11.8. The van der Waals surface area contributed by atoms with Gasteiger partial charge in [-0.05, 0) is 31.7 Å². The Morgan fingerprint density at radius 3 is 2.03 bits per heavy atom. The zero-order valence-corrected chi connectivity index (χ0v) is 21.0. The summed E-state index contributed by atoms with van der Waals surface area (Å²) in [6.07, 6.45) is -1.68. The van der Waals surface area contributed by atoms with E-state index in [0.29, 0.717) is 0 Å². The van der Waals surface area contributed by atoms with Crippen LogP contribution in [0.25, 0.3) is 0 Å². The average Bonchev–Trinajstić information content (AvgIpc) is 2.83. The molecule has 0 spiro atoms. The van der Waals surface area contributed by atoms with E-state index in [0.717, 1.165) is 12.5 Å². The van der Waals surface area contributed by atoms with Gasteiger partial charge in [0.1, 0.15) is 12.1 Å². The summed E-state index contributed by atoms with van der Waals surface area (Å²) in [6, 6.07) is 3.45. The lowest BCUT2D eigenvalue weighted by molar-refractivity contribution is -0.145. The summed E-state index contributed by atoms with van der Waals surface area (Å²) in [6.45, 7) is 1.28. The van der Waals surface area contributed by atoms with Crippen LogP contribution in [0.1, 0.15) is 31.7 Å². The highest BCUT2D eigenvalue weighted by molar-refractivity contribution is 5.96. The van der Waals surface area contributed by atoms with Crippen LogP contribution in [0.4, 0.5) is 0 Å². The number of aliphatic carboxylic acids is 1. The molecule has 0 aliphatic carbocycles. The van der Waals surface area contributed by atoms with Gasteiger partial charge in [0.2, 0.25) is 23.6 Å². The summed E-state index contributed by atoms with van der Waals surface area (Å²) < 4.78 is 0. The number of aliphatic hydroxyl groups excluding tert-OH is 1. The lowest BCUT2D eigenvalue weighted by atomic mass is 10.0. The van der Waals surface area contributed by atoms with Crippen LogP contribution in [-0.4, -0.2) is 82.6 Å². The van der Waals surface area contributed by atoms with Crippen molar-refractivity contribution in [1.82, 2.24) is 16.0 Å². The zero-order valence-electron chi connectivity index (χ0n) is 21.0. The number of hydrogen-bond acceptors (Lipinski definition) is 8. The van der Waals surface area contributed by atoms with Crippen molar-refractivity contribution in [2.45, 2.75) is 62.9 Å². The molecule has 0 bridgehead atoms. The number of rotatable bonds is 16. The van der Waals surface area contributed by atoms with Crippen LogP contribution in [0, 0.1) is 0 Å². The van der Waals surface area contributed by atoms with Gasteiger partial charge in [-0.2, -0.15) is 0 Å². The Labute approximate surface area is 219 Å². The average molecular weight is 537 g/mol. The molecule has 210 valence electrons. The predicted octanol–water partition coefficient (Wildman–Crippen LogP) is -3.59. The van der Waals surface area contributed by atoms with Gasteiger partial charge in [0.15, 0.2) is 12.0 Å². The number of guanidine groups is 1. The maximum Gasteiger partial charge on any atom is 0.328 e. The second-order valence-corrected chi connectivity index (χ2v) is 8.60. The van der Waals surface area contributed by atoms with Crippen molar-refractivity contribution in [3.63, 3.8) is 0 Å². The summed E-state index contributed by atoms with van der Waals surface area (Å²) in [5, 5.41) is 25.7. The topological polar surface area (TPSA) is 278 Å². The number of aliphatic hydroxyl groups is 1. The largest absolute Gasteiger partial charge is 0.480 e. The third-order valence-electron chi connectivity index (χ3n) is 5.30. The Kier molecular flexibility index (Phi) is 13.2. The number of nitrogens with zero attached hydrogens (tertiary/aromatic N) is 1. The fourth-order valence-electron chi connectivity index (χ4n) is 3.34. The minimum Gasteiger partial charge on any atom is -0.480 e. The summed E-state index contributed by atoms with van der Waals surface area (Å²) in [4.78, 5) is 65.2. The van der Waals surface area contributed by atoms with Crippen molar-refractivity contribution in [3.8, 4) is 0 Å². The van der Waals surface area contributed by atoms with Crippen LogP contribution >= 0.6 is 0 Å². The number of hydrogen-bond donors (Lipinski definition) is 9. The van der Waals surface area contributed by atoms with Crippen LogP contribution in [0.15, 0.2) is 35.3 Å². The van der Waals surface area contributed by atoms with Gasteiger partial charge in [-0.25, -0.2) is 4.79 Å². The number of nitrogens with two attached hydrogens (primary N) is 4. The summed E-state index contributed by atoms with van der Waals surface area (Å²) >= 11 is 0. The Balaban J connectivity index is 3.03. The van der Waals surface area contributed by atoms with Crippen molar-refractivity contribution >= 4 is 35.6 Å². The third kappa shape index (κ3) is 11.7. The van der Waals surface area contributed by atoms with Gasteiger partial charge in [-0.1, -0.05) is 30.3 Å². The lowest BCUT2D eigenvalue weighted by Crippen LogP contribution is -2.59. The fourth-order valence-corrected chi connectivity index (χ4v) is 3.34. The number of nitrogens with one attached hydrogen (secondary N) is 3. The van der Waals surface area contributed by atoms with E-state index in [4.69, 9.17) is 22.9 Å². The quantitative estimate of drug-likeness (QED) is 0.0568. The molecule has 0 saturated carbocycles. The molecule has 38 heavy (non-hydrogen) atoms. The maximum absolute atomic E-state index is 13.1. The van der Waals surface area contributed by atoms with E-state index in [-0.39, 0.29) is 31.8 Å². The SMILES string of the molecule is CC(O)C(NC(=O)C(CC(N)=O)NC(=O)C(CCCN=C(N)N)NC(=O)C(N)Cc1ccccc1)C(=O)O. The van der Waals surface area contributed by atoms with E-state index in [1.165, 1.54) is 0 Å². The Bertz CT molecular complexity index is 999. The number of benzene rings is 1. The Morgan fingerprint density at radius 2 is 1.50 bits per heavy atom. The maximum atomic E-state index is 13.1. The molecule has 5 atom stereocenters. The number of primary amides is 1. The molecule has 0 fully saturated rings. The molecule has 5 unspecified atom stereocenters. The highest BCUT2D eigenvalue weighted by Crippen LogP contribution is 2.06. The molecule has 0 aliphatic rings. The molecular weight excluding hydrogens is 500 g/mol. The molecule has 0 saturated heterocycles. The van der Waals surface area contributed by atoms with Crippen molar-refractivity contribution in [1.29, 1.82) is 0 Å². The van der Waals surface area contributed by atoms with Gasteiger partial charge < -0.3 is 49.1 Å². The van der Waals surface area contributed by atoms with Gasteiger partial charge in [0, 0.05) is 6.54 Å².